The molecule has 0 nitrogen and oxygen atoms in total. The van der Waals surface area contributed by atoms with E-state index in [1.54, 1.807) is 18.2 Å². The molecule has 0 saturated heterocycles. The summed E-state index contributed by atoms with van der Waals surface area (Å²) in [4.78, 5) is 0. The van der Waals surface area contributed by atoms with E-state index < -0.39 is 0 Å². The zero-order chi connectivity index (χ0) is 18.4. The maximum Gasteiger partial charge on any atom is -0.0382 e. The van der Waals surface area contributed by atoms with Gasteiger partial charge in [0, 0.05) is 0 Å². The predicted molar refractivity (Wildman–Crippen MR) is 109 cm³/mol. The van der Waals surface area contributed by atoms with Gasteiger partial charge in [0.15, 0.2) is 0 Å². The molecule has 0 aliphatic carbocycles. The minimum atomic E-state index is 1.08. The lowest BCUT2D eigenvalue weighted by molar-refractivity contribution is 1.23. The summed E-state index contributed by atoms with van der Waals surface area (Å²) >= 11 is 0. The first kappa shape index (κ1) is 36.6. The van der Waals surface area contributed by atoms with Crippen LogP contribution in [0.4, 0.5) is 0 Å². The van der Waals surface area contributed by atoms with Gasteiger partial charge in [0.1, 0.15) is 0 Å². The second kappa shape index (κ2) is 101. The molecule has 0 atom stereocenters. The van der Waals surface area contributed by atoms with Crippen molar-refractivity contribution in [2.75, 3.05) is 0 Å². The van der Waals surface area contributed by atoms with Crippen molar-refractivity contribution in [3.8, 4) is 0 Å². The molecule has 126 valence electrons. The van der Waals surface area contributed by atoms with E-state index in [9.17, 15) is 0 Å². The zero-order valence-electron chi connectivity index (χ0n) is 15.8. The van der Waals surface area contributed by atoms with Gasteiger partial charge in [-0.3, -0.25) is 0 Å². The molecule has 0 aromatic rings. The van der Waals surface area contributed by atoms with Crippen LogP contribution in [0.1, 0.15) is 60.8 Å². The highest BCUT2D eigenvalue weighted by molar-refractivity contribution is 4.60. The Bertz CT molecular complexity index is 139. The summed E-state index contributed by atoms with van der Waals surface area (Å²) in [7, 11) is 0. The number of allylic oxidation sites excluding steroid dienone is 6. The monoisotopic (exact) mass is 294 g/mol. The third kappa shape index (κ3) is 2400. The second-order valence-corrected chi connectivity index (χ2v) is 3.32. The van der Waals surface area contributed by atoms with Crippen LogP contribution >= 0.6 is 0 Å². The number of hydrogen-bond donors (Lipinski definition) is 0. The fraction of sp³-hybridized carbons (Fsp3) is 0.429. The molecule has 0 heterocycles. The zero-order valence-corrected chi connectivity index (χ0v) is 15.8. The molecule has 0 saturated carbocycles. The Labute approximate surface area is 137 Å². The molecule has 0 aliphatic heterocycles. The summed E-state index contributed by atoms with van der Waals surface area (Å²) < 4.78 is 0. The van der Waals surface area contributed by atoms with Crippen LogP contribution in [0.3, 0.4) is 0 Å². The van der Waals surface area contributed by atoms with Crippen LogP contribution < -0.4 is 0 Å². The van der Waals surface area contributed by atoms with E-state index in [2.05, 4.69) is 60.2 Å². The summed E-state index contributed by atoms with van der Waals surface area (Å²) in [5, 5.41) is 0. The molecule has 0 radical (unpaired) electrons. The highest BCUT2D eigenvalue weighted by Gasteiger charge is 1.46. The largest absolute Gasteiger partial charge is 0.103 e. The fourth-order valence-corrected chi connectivity index (χ4v) is 0. The molecule has 0 N–H and O–H groups in total. The highest BCUT2D eigenvalue weighted by Crippen LogP contribution is 1.67. The lowest BCUT2D eigenvalue weighted by Gasteiger charge is -1.57. The van der Waals surface area contributed by atoms with Crippen LogP contribution in [-0.4, -0.2) is 0 Å². The first-order chi connectivity index (χ1) is 9.99. The van der Waals surface area contributed by atoms with Crippen molar-refractivity contribution in [1.29, 1.82) is 0 Å². The Morgan fingerprint density at radius 3 is 0.524 bits per heavy atom. The van der Waals surface area contributed by atoms with Crippen LogP contribution in [0.25, 0.3) is 0 Å². The van der Waals surface area contributed by atoms with E-state index in [0.29, 0.717) is 0 Å². The Morgan fingerprint density at radius 2 is 0.524 bits per heavy atom. The molecule has 0 aliphatic rings. The van der Waals surface area contributed by atoms with Gasteiger partial charge in [-0.05, 0) is 40.0 Å². The van der Waals surface area contributed by atoms with E-state index >= 15 is 0 Å². The van der Waals surface area contributed by atoms with Crippen LogP contribution in [-0.2, 0) is 0 Å². The summed E-state index contributed by atoms with van der Waals surface area (Å²) in [6, 6.07) is 0. The van der Waals surface area contributed by atoms with Gasteiger partial charge in [-0.2, -0.15) is 0 Å². The molecule has 21 heavy (non-hydrogen) atoms. The van der Waals surface area contributed by atoms with E-state index in [1.807, 2.05) is 39.0 Å². The molecule has 0 heteroatoms. The molecule has 0 aromatic heterocycles. The Balaban J connectivity index is -0.0000000324. The minimum absolute atomic E-state index is 1.08. The maximum absolute atomic E-state index is 3.48. The average molecular weight is 295 g/mol. The van der Waals surface area contributed by atoms with E-state index in [0.717, 1.165) is 19.3 Å². The molecular weight excluding hydrogens is 252 g/mol. The molecule has 0 fully saturated rings. The Kier molecular flexibility index (Phi) is 177. The Hall–Kier alpha value is -1.56. The third-order valence-electron chi connectivity index (χ3n) is 0.866. The average Bonchev–Trinajstić information content (AvgIpc) is 2.50. The highest BCUT2D eigenvalue weighted by atomic mass is 13.5. The molecule has 0 spiro atoms. The molecule has 0 bridgehead atoms. The molecule has 0 unspecified atom stereocenters. The molecule has 0 amide bonds. The summed E-state index contributed by atoms with van der Waals surface area (Å²) in [5.41, 5.74) is 0. The third-order valence-corrected chi connectivity index (χ3v) is 0.866. The first-order valence-corrected chi connectivity index (χ1v) is 7.53. The van der Waals surface area contributed by atoms with Crippen molar-refractivity contribution in [2.24, 2.45) is 0 Å². The van der Waals surface area contributed by atoms with Gasteiger partial charge in [0.2, 0.25) is 0 Å². The van der Waals surface area contributed by atoms with Crippen molar-refractivity contribution < 1.29 is 0 Å². The summed E-state index contributed by atoms with van der Waals surface area (Å²) in [5.74, 6) is 0. The van der Waals surface area contributed by atoms with Gasteiger partial charge in [-0.15, -0.1) is 39.5 Å². The van der Waals surface area contributed by atoms with Gasteiger partial charge in [-0.25, -0.2) is 0 Å². The Morgan fingerprint density at radius 1 is 0.476 bits per heavy atom. The number of hydrogen-bond acceptors (Lipinski definition) is 0. The molecular formula is C21H42. The lowest BCUT2D eigenvalue weighted by Crippen LogP contribution is -1.36. The maximum atomic E-state index is 3.48. The van der Waals surface area contributed by atoms with Crippen molar-refractivity contribution >= 4 is 0 Å². The van der Waals surface area contributed by atoms with Crippen molar-refractivity contribution in [3.63, 3.8) is 0 Å². The van der Waals surface area contributed by atoms with Crippen LogP contribution in [0.2, 0.25) is 0 Å². The minimum Gasteiger partial charge on any atom is -0.103 e. The predicted octanol–water partition coefficient (Wildman–Crippen LogP) is 8.32. The van der Waals surface area contributed by atoms with E-state index in [-0.39, 0.29) is 0 Å². The topological polar surface area (TPSA) is 0 Å². The van der Waals surface area contributed by atoms with Gasteiger partial charge in [-0.1, -0.05) is 57.2 Å². The van der Waals surface area contributed by atoms with Crippen molar-refractivity contribution in [1.82, 2.24) is 0 Å². The summed E-state index contributed by atoms with van der Waals surface area (Å²) in [6.45, 7) is 32.4. The molecule has 0 aromatic carbocycles. The van der Waals surface area contributed by atoms with Crippen molar-refractivity contribution in [3.05, 3.63) is 75.9 Å². The number of rotatable bonds is 3. The first-order valence-electron chi connectivity index (χ1n) is 7.53. The van der Waals surface area contributed by atoms with Crippen LogP contribution in [0.5, 0.6) is 0 Å². The normalized spacial score (nSPS) is 5.43. The SMILES string of the molecule is C=CC.C=CC.C=CC.C=CCC.C=CCC.C=CCC. The molecule has 0 rings (SSSR count). The van der Waals surface area contributed by atoms with Gasteiger partial charge < -0.3 is 0 Å². The van der Waals surface area contributed by atoms with Gasteiger partial charge in [0.05, 0.1) is 0 Å². The van der Waals surface area contributed by atoms with Crippen molar-refractivity contribution in [2.45, 2.75) is 60.8 Å². The van der Waals surface area contributed by atoms with Gasteiger partial charge in [0.25, 0.3) is 0 Å². The van der Waals surface area contributed by atoms with E-state index in [4.69, 9.17) is 0 Å². The van der Waals surface area contributed by atoms with Crippen LogP contribution in [0, 0.1) is 0 Å². The quantitative estimate of drug-likeness (QED) is 0.459. The lowest BCUT2D eigenvalue weighted by atomic mass is 10.5. The summed E-state index contributed by atoms with van der Waals surface area (Å²) in [6.07, 6.45) is 14.1. The standard InChI is InChI=1S/3C4H8.3C3H6/c3*1-3-4-2;3*1-3-2/h3*3H,1,4H2,2H3;3*3H,1H2,2H3. The van der Waals surface area contributed by atoms with Crippen LogP contribution in [0.15, 0.2) is 75.9 Å². The smallest absolute Gasteiger partial charge is 0.0382 e. The second-order valence-electron chi connectivity index (χ2n) is 3.32. The van der Waals surface area contributed by atoms with Gasteiger partial charge >= 0.3 is 0 Å². The van der Waals surface area contributed by atoms with E-state index in [1.165, 1.54) is 0 Å². The fourth-order valence-electron chi connectivity index (χ4n) is 0.